The molecule has 0 saturated carbocycles. The van der Waals surface area contributed by atoms with E-state index in [1.54, 1.807) is 12.4 Å². The Morgan fingerprint density at radius 3 is 2.79 bits per heavy atom. The summed E-state index contributed by atoms with van der Waals surface area (Å²) in [4.78, 5) is 12.0. The van der Waals surface area contributed by atoms with E-state index in [4.69, 9.17) is 0 Å². The maximum absolute atomic E-state index is 4.61. The standard InChI is InChI=1S/C15H16N4/c1-16-7-4-11-2-3-13-14(10-11)19-15(18-13)12-5-8-17-9-6-12/h2-3,5-6,8-10,16H,4,7H2,1H3,(H,18,19). The zero-order valence-electron chi connectivity index (χ0n) is 10.9. The molecule has 0 bridgehead atoms. The monoisotopic (exact) mass is 252 g/mol. The Kier molecular flexibility index (Phi) is 3.25. The van der Waals surface area contributed by atoms with Gasteiger partial charge in [0.2, 0.25) is 0 Å². The van der Waals surface area contributed by atoms with Crippen LogP contribution in [0.1, 0.15) is 5.56 Å². The second-order valence-corrected chi connectivity index (χ2v) is 4.53. The van der Waals surface area contributed by atoms with E-state index in [0.29, 0.717) is 0 Å². The van der Waals surface area contributed by atoms with Gasteiger partial charge in [0.1, 0.15) is 5.82 Å². The highest BCUT2D eigenvalue weighted by atomic mass is 14.9. The van der Waals surface area contributed by atoms with Crippen LogP contribution >= 0.6 is 0 Å². The van der Waals surface area contributed by atoms with E-state index in [1.807, 2.05) is 19.2 Å². The van der Waals surface area contributed by atoms with Gasteiger partial charge in [-0.3, -0.25) is 4.98 Å². The Bertz CT molecular complexity index is 673. The molecule has 96 valence electrons. The average molecular weight is 252 g/mol. The molecule has 0 amide bonds. The summed E-state index contributed by atoms with van der Waals surface area (Å²) in [5.41, 5.74) is 4.45. The van der Waals surface area contributed by atoms with Gasteiger partial charge in [-0.25, -0.2) is 4.98 Å². The van der Waals surface area contributed by atoms with Crippen LogP contribution in [0.4, 0.5) is 0 Å². The Morgan fingerprint density at radius 1 is 1.16 bits per heavy atom. The Labute approximate surface area is 111 Å². The fourth-order valence-corrected chi connectivity index (χ4v) is 2.13. The van der Waals surface area contributed by atoms with Crippen molar-refractivity contribution < 1.29 is 0 Å². The van der Waals surface area contributed by atoms with Crippen LogP contribution in [0, 0.1) is 0 Å². The number of fused-ring (bicyclic) bond motifs is 1. The fourth-order valence-electron chi connectivity index (χ4n) is 2.13. The highest BCUT2D eigenvalue weighted by Crippen LogP contribution is 2.20. The third kappa shape index (κ3) is 2.48. The quantitative estimate of drug-likeness (QED) is 0.749. The van der Waals surface area contributed by atoms with Crippen LogP contribution in [0.15, 0.2) is 42.7 Å². The van der Waals surface area contributed by atoms with E-state index >= 15 is 0 Å². The summed E-state index contributed by atoms with van der Waals surface area (Å²) in [7, 11) is 1.97. The van der Waals surface area contributed by atoms with E-state index in [0.717, 1.165) is 35.4 Å². The molecule has 2 aromatic heterocycles. The van der Waals surface area contributed by atoms with Gasteiger partial charge in [0.25, 0.3) is 0 Å². The minimum absolute atomic E-state index is 0.892. The number of rotatable bonds is 4. The Morgan fingerprint density at radius 2 is 2.00 bits per heavy atom. The fraction of sp³-hybridized carbons (Fsp3) is 0.200. The van der Waals surface area contributed by atoms with Crippen molar-refractivity contribution >= 4 is 11.0 Å². The van der Waals surface area contributed by atoms with Gasteiger partial charge in [0.15, 0.2) is 0 Å². The molecule has 19 heavy (non-hydrogen) atoms. The summed E-state index contributed by atoms with van der Waals surface area (Å²) >= 11 is 0. The molecule has 2 N–H and O–H groups in total. The van der Waals surface area contributed by atoms with E-state index in [2.05, 4.69) is 38.5 Å². The number of aromatic nitrogens is 3. The highest BCUT2D eigenvalue weighted by Gasteiger charge is 2.05. The molecule has 0 radical (unpaired) electrons. The summed E-state index contributed by atoms with van der Waals surface area (Å²) in [6.45, 7) is 0.983. The van der Waals surface area contributed by atoms with Crippen LogP contribution in [-0.4, -0.2) is 28.5 Å². The molecule has 0 aliphatic carbocycles. The average Bonchev–Trinajstić information content (AvgIpc) is 2.89. The normalized spacial score (nSPS) is 11.0. The molecule has 3 rings (SSSR count). The van der Waals surface area contributed by atoms with Gasteiger partial charge in [-0.15, -0.1) is 0 Å². The second kappa shape index (κ2) is 5.20. The summed E-state index contributed by atoms with van der Waals surface area (Å²) < 4.78 is 0. The molecule has 4 nitrogen and oxygen atoms in total. The maximum Gasteiger partial charge on any atom is 0.138 e. The molecule has 4 heteroatoms. The van der Waals surface area contributed by atoms with Gasteiger partial charge in [-0.05, 0) is 49.8 Å². The largest absolute Gasteiger partial charge is 0.338 e. The lowest BCUT2D eigenvalue weighted by atomic mass is 10.1. The number of likely N-dealkylation sites (N-methyl/N-ethyl adjacent to an activating group) is 1. The number of hydrogen-bond donors (Lipinski definition) is 2. The van der Waals surface area contributed by atoms with Gasteiger partial charge in [-0.1, -0.05) is 6.07 Å². The number of pyridine rings is 1. The summed E-state index contributed by atoms with van der Waals surface area (Å²) in [5, 5.41) is 3.16. The van der Waals surface area contributed by atoms with Crippen molar-refractivity contribution in [3.8, 4) is 11.4 Å². The first-order valence-electron chi connectivity index (χ1n) is 6.40. The van der Waals surface area contributed by atoms with Crippen molar-refractivity contribution in [1.82, 2.24) is 20.3 Å². The van der Waals surface area contributed by atoms with Crippen LogP contribution < -0.4 is 5.32 Å². The van der Waals surface area contributed by atoms with E-state index in [9.17, 15) is 0 Å². The number of imidazole rings is 1. The molecule has 0 saturated heterocycles. The minimum Gasteiger partial charge on any atom is -0.338 e. The molecule has 0 unspecified atom stereocenters. The predicted octanol–water partition coefficient (Wildman–Crippen LogP) is 2.39. The molecule has 0 aliphatic rings. The first-order valence-corrected chi connectivity index (χ1v) is 6.40. The smallest absolute Gasteiger partial charge is 0.138 e. The summed E-state index contributed by atoms with van der Waals surface area (Å²) in [6.07, 6.45) is 4.58. The van der Waals surface area contributed by atoms with Crippen LogP contribution in [0.2, 0.25) is 0 Å². The van der Waals surface area contributed by atoms with Gasteiger partial charge >= 0.3 is 0 Å². The number of nitrogens with zero attached hydrogens (tertiary/aromatic N) is 2. The number of aromatic amines is 1. The lowest BCUT2D eigenvalue weighted by Crippen LogP contribution is -2.10. The third-order valence-corrected chi connectivity index (χ3v) is 3.16. The highest BCUT2D eigenvalue weighted by molar-refractivity contribution is 5.79. The first kappa shape index (κ1) is 11.9. The zero-order chi connectivity index (χ0) is 13.1. The first-order chi connectivity index (χ1) is 9.36. The number of nitrogens with one attached hydrogen (secondary N) is 2. The molecule has 0 spiro atoms. The molecule has 1 aromatic carbocycles. The van der Waals surface area contributed by atoms with Gasteiger partial charge in [0.05, 0.1) is 11.0 Å². The number of H-pyrrole nitrogens is 1. The Balaban J connectivity index is 1.97. The van der Waals surface area contributed by atoms with Crippen molar-refractivity contribution in [2.24, 2.45) is 0 Å². The van der Waals surface area contributed by atoms with Gasteiger partial charge < -0.3 is 10.3 Å². The topological polar surface area (TPSA) is 53.6 Å². The lowest BCUT2D eigenvalue weighted by molar-refractivity contribution is 0.792. The van der Waals surface area contributed by atoms with Crippen molar-refractivity contribution in [3.05, 3.63) is 48.3 Å². The molecule has 2 heterocycles. The predicted molar refractivity (Wildman–Crippen MR) is 77.0 cm³/mol. The minimum atomic E-state index is 0.892. The van der Waals surface area contributed by atoms with E-state index in [-0.39, 0.29) is 0 Å². The van der Waals surface area contributed by atoms with E-state index in [1.165, 1.54) is 5.56 Å². The molecular weight excluding hydrogens is 236 g/mol. The third-order valence-electron chi connectivity index (χ3n) is 3.16. The van der Waals surface area contributed by atoms with Crippen molar-refractivity contribution in [2.45, 2.75) is 6.42 Å². The maximum atomic E-state index is 4.61. The summed E-state index contributed by atoms with van der Waals surface area (Å²) in [5.74, 6) is 0.892. The molecular formula is C15H16N4. The zero-order valence-corrected chi connectivity index (χ0v) is 10.9. The second-order valence-electron chi connectivity index (χ2n) is 4.53. The van der Waals surface area contributed by atoms with Crippen LogP contribution in [0.25, 0.3) is 22.4 Å². The molecule has 3 aromatic rings. The number of hydrogen-bond acceptors (Lipinski definition) is 3. The summed E-state index contributed by atoms with van der Waals surface area (Å²) in [6, 6.07) is 10.3. The SMILES string of the molecule is CNCCc1ccc2nc(-c3ccncc3)[nH]c2c1. The van der Waals surface area contributed by atoms with Crippen LogP contribution in [-0.2, 0) is 6.42 Å². The van der Waals surface area contributed by atoms with Crippen molar-refractivity contribution in [2.75, 3.05) is 13.6 Å². The van der Waals surface area contributed by atoms with Crippen molar-refractivity contribution in [3.63, 3.8) is 0 Å². The van der Waals surface area contributed by atoms with Crippen molar-refractivity contribution in [1.29, 1.82) is 0 Å². The van der Waals surface area contributed by atoms with Crippen LogP contribution in [0.5, 0.6) is 0 Å². The molecule has 0 atom stereocenters. The molecule has 0 aliphatic heterocycles. The van der Waals surface area contributed by atoms with Gasteiger partial charge in [0, 0.05) is 18.0 Å². The van der Waals surface area contributed by atoms with E-state index < -0.39 is 0 Å². The lowest BCUT2D eigenvalue weighted by Gasteiger charge is -1.99. The number of benzene rings is 1. The molecule has 0 fully saturated rings. The van der Waals surface area contributed by atoms with Gasteiger partial charge in [-0.2, -0.15) is 0 Å². The Hall–Kier alpha value is -2.20. The van der Waals surface area contributed by atoms with Crippen LogP contribution in [0.3, 0.4) is 0 Å².